The number of aryl methyl sites for hydroxylation is 1. The molecule has 1 unspecified atom stereocenters. The van der Waals surface area contributed by atoms with E-state index >= 15 is 0 Å². The summed E-state index contributed by atoms with van der Waals surface area (Å²) in [4.78, 5) is 17.1. The zero-order chi connectivity index (χ0) is 29.5. The highest BCUT2D eigenvalue weighted by Gasteiger charge is 2.41. The summed E-state index contributed by atoms with van der Waals surface area (Å²) in [6.45, 7) is 2.01. The van der Waals surface area contributed by atoms with Crippen molar-refractivity contribution in [1.29, 1.82) is 0 Å². The van der Waals surface area contributed by atoms with Crippen LogP contribution in [-0.4, -0.2) is 47.8 Å². The fourth-order valence-electron chi connectivity index (χ4n) is 5.59. The fraction of sp³-hybridized carbons (Fsp3) is 0.152. The van der Waals surface area contributed by atoms with Crippen molar-refractivity contribution < 1.29 is 14.2 Å². The average Bonchev–Trinajstić information content (AvgIpc) is 3.40. The first-order valence-corrected chi connectivity index (χ1v) is 13.8. The van der Waals surface area contributed by atoms with E-state index in [9.17, 15) is 0 Å². The Morgan fingerprint density at radius 1 is 0.791 bits per heavy atom. The second-order valence-electron chi connectivity index (χ2n) is 10.0. The molecule has 5 aromatic rings. The third-order valence-corrected chi connectivity index (χ3v) is 7.58. The van der Waals surface area contributed by atoms with Gasteiger partial charge in [0, 0.05) is 17.4 Å². The molecule has 3 aromatic carbocycles. The first kappa shape index (κ1) is 26.3. The summed E-state index contributed by atoms with van der Waals surface area (Å²) in [7, 11) is 4.93. The van der Waals surface area contributed by atoms with Crippen LogP contribution in [0.4, 0.5) is 22.9 Å². The van der Waals surface area contributed by atoms with Gasteiger partial charge in [-0.2, -0.15) is 9.78 Å². The van der Waals surface area contributed by atoms with Gasteiger partial charge in [0.05, 0.1) is 44.4 Å². The number of ether oxygens (including phenoxy) is 3. The van der Waals surface area contributed by atoms with Crippen molar-refractivity contribution in [1.82, 2.24) is 14.8 Å². The van der Waals surface area contributed by atoms with E-state index in [1.54, 1.807) is 32.2 Å². The molecular formula is C33H29N7O3. The van der Waals surface area contributed by atoms with Gasteiger partial charge < -0.3 is 24.4 Å². The molecule has 43 heavy (non-hydrogen) atoms. The van der Waals surface area contributed by atoms with Crippen LogP contribution in [0.2, 0.25) is 0 Å². The van der Waals surface area contributed by atoms with Crippen LogP contribution in [-0.2, 0) is 0 Å². The monoisotopic (exact) mass is 571 g/mol. The van der Waals surface area contributed by atoms with Gasteiger partial charge in [-0.1, -0.05) is 24.3 Å². The van der Waals surface area contributed by atoms with Gasteiger partial charge in [0.25, 0.3) is 0 Å². The highest BCUT2D eigenvalue weighted by Crippen LogP contribution is 2.49. The number of anilines is 2. The lowest BCUT2D eigenvalue weighted by molar-refractivity contribution is 0.354. The maximum absolute atomic E-state index is 5.73. The predicted octanol–water partition coefficient (Wildman–Crippen LogP) is 6.40. The third kappa shape index (κ3) is 4.44. The summed E-state index contributed by atoms with van der Waals surface area (Å²) in [5, 5.41) is 8.46. The number of hydrogen-bond donors (Lipinski definition) is 1. The Labute approximate surface area is 248 Å². The maximum Gasteiger partial charge on any atom is 0.179 e. The molecule has 10 nitrogen and oxygen atoms in total. The van der Waals surface area contributed by atoms with Gasteiger partial charge in [0.1, 0.15) is 5.75 Å². The van der Waals surface area contributed by atoms with Crippen LogP contribution in [0.5, 0.6) is 17.2 Å². The lowest BCUT2D eigenvalue weighted by Crippen LogP contribution is -2.46. The summed E-state index contributed by atoms with van der Waals surface area (Å²) >= 11 is 0. The number of amidine groups is 2. The summed E-state index contributed by atoms with van der Waals surface area (Å²) in [6.07, 6.45) is 1.75. The maximum atomic E-state index is 5.73. The number of aliphatic imine (C=N–C) groups is 2. The average molecular weight is 572 g/mol. The molecule has 0 fully saturated rings. The normalized spacial score (nSPS) is 15.0. The molecule has 2 aromatic heterocycles. The highest BCUT2D eigenvalue weighted by molar-refractivity contribution is 6.51. The number of rotatable bonds is 6. The quantitative estimate of drug-likeness (QED) is 0.252. The Balaban J connectivity index is 1.48. The molecule has 4 heterocycles. The molecule has 0 amide bonds. The molecule has 7 rings (SSSR count). The standard InChI is InChI=1S/C33H29N7O3/c1-20-29-30(21-12-17-26(42-3)27(19-21)43-4)39-25-10-6-5-9-24(25)36-31(35-22-13-15-23(41-2)16-14-22)33(39)37-32(29)40(38-20)28-11-7-8-18-34-28/h5-19,30H,1-4H3,(H,35,36). The molecule has 1 N–H and O–H groups in total. The van der Waals surface area contributed by atoms with E-state index in [0.29, 0.717) is 34.8 Å². The Morgan fingerprint density at radius 3 is 2.33 bits per heavy atom. The smallest absolute Gasteiger partial charge is 0.179 e. The molecule has 1 atom stereocenters. The molecule has 2 aliphatic heterocycles. The zero-order valence-electron chi connectivity index (χ0n) is 24.1. The van der Waals surface area contributed by atoms with Crippen LogP contribution < -0.4 is 24.4 Å². The largest absolute Gasteiger partial charge is 0.497 e. The fourth-order valence-corrected chi connectivity index (χ4v) is 5.59. The topological polar surface area (TPSA) is 98.4 Å². The van der Waals surface area contributed by atoms with Crippen molar-refractivity contribution in [2.24, 2.45) is 9.98 Å². The van der Waals surface area contributed by atoms with Gasteiger partial charge >= 0.3 is 0 Å². The number of pyridine rings is 1. The van der Waals surface area contributed by atoms with Crippen LogP contribution in [0.25, 0.3) is 5.82 Å². The molecule has 0 spiro atoms. The lowest BCUT2D eigenvalue weighted by Gasteiger charge is -2.40. The number of benzene rings is 3. The van der Waals surface area contributed by atoms with E-state index in [-0.39, 0.29) is 6.04 Å². The predicted molar refractivity (Wildman–Crippen MR) is 167 cm³/mol. The van der Waals surface area contributed by atoms with Gasteiger partial charge in [0.2, 0.25) is 0 Å². The van der Waals surface area contributed by atoms with E-state index < -0.39 is 0 Å². The van der Waals surface area contributed by atoms with Crippen molar-refractivity contribution in [3.8, 4) is 23.1 Å². The van der Waals surface area contributed by atoms with E-state index in [2.05, 4.69) is 27.3 Å². The summed E-state index contributed by atoms with van der Waals surface area (Å²) in [6, 6.07) is 27.2. The summed E-state index contributed by atoms with van der Waals surface area (Å²) in [5.41, 5.74) is 5.38. The van der Waals surface area contributed by atoms with E-state index in [1.165, 1.54) is 0 Å². The highest BCUT2D eigenvalue weighted by atomic mass is 16.5. The van der Waals surface area contributed by atoms with Gasteiger partial charge in [-0.3, -0.25) is 0 Å². The molecule has 0 saturated carbocycles. The minimum Gasteiger partial charge on any atom is -0.497 e. The number of methoxy groups -OCH3 is 3. The minimum absolute atomic E-state index is 0.316. The Hall–Kier alpha value is -5.64. The Bertz CT molecular complexity index is 1880. The second-order valence-corrected chi connectivity index (χ2v) is 10.0. The van der Waals surface area contributed by atoms with E-state index in [1.807, 2.05) is 79.7 Å². The van der Waals surface area contributed by atoms with Crippen LogP contribution in [0.1, 0.15) is 22.9 Å². The summed E-state index contributed by atoms with van der Waals surface area (Å²) < 4.78 is 18.5. The molecule has 214 valence electrons. The molecule has 0 aliphatic carbocycles. The second kappa shape index (κ2) is 10.6. The van der Waals surface area contributed by atoms with Gasteiger partial charge in [0.15, 0.2) is 34.8 Å². The number of aromatic nitrogens is 3. The van der Waals surface area contributed by atoms with Gasteiger partial charge in [-0.15, -0.1) is 0 Å². The lowest BCUT2D eigenvalue weighted by atomic mass is 9.93. The van der Waals surface area contributed by atoms with Gasteiger partial charge in [-0.25, -0.2) is 15.0 Å². The Kier molecular flexibility index (Phi) is 6.50. The minimum atomic E-state index is -0.316. The van der Waals surface area contributed by atoms with Crippen LogP contribution in [0.3, 0.4) is 0 Å². The molecule has 10 heteroatoms. The van der Waals surface area contributed by atoms with Crippen molar-refractivity contribution in [3.05, 3.63) is 108 Å². The van der Waals surface area contributed by atoms with Crippen molar-refractivity contribution in [2.45, 2.75) is 13.0 Å². The number of para-hydroxylation sites is 2. The van der Waals surface area contributed by atoms with Gasteiger partial charge in [-0.05, 0) is 73.2 Å². The van der Waals surface area contributed by atoms with Crippen LogP contribution >= 0.6 is 0 Å². The number of fused-ring (bicyclic) bond motifs is 4. The third-order valence-electron chi connectivity index (χ3n) is 7.58. The molecule has 0 saturated heterocycles. The number of nitrogens with zero attached hydrogens (tertiary/aromatic N) is 6. The Morgan fingerprint density at radius 2 is 1.58 bits per heavy atom. The van der Waals surface area contributed by atoms with E-state index in [4.69, 9.17) is 29.3 Å². The first-order chi connectivity index (χ1) is 21.1. The number of hydrogen-bond acceptors (Lipinski definition) is 9. The van der Waals surface area contributed by atoms with E-state index in [0.717, 1.165) is 39.6 Å². The molecule has 0 radical (unpaired) electrons. The van der Waals surface area contributed by atoms with Crippen LogP contribution in [0.15, 0.2) is 101 Å². The number of nitrogens with one attached hydrogen (secondary N) is 1. The van der Waals surface area contributed by atoms with Crippen molar-refractivity contribution >= 4 is 34.6 Å². The SMILES string of the molecule is COc1ccc(NC2=Nc3ccccc3N3C2=Nc2c(c(C)nn2-c2ccccn2)C3c2ccc(OC)c(OC)c2)cc1. The molecular weight excluding hydrogens is 542 g/mol. The molecule has 2 aliphatic rings. The van der Waals surface area contributed by atoms with Crippen molar-refractivity contribution in [3.63, 3.8) is 0 Å². The van der Waals surface area contributed by atoms with Crippen molar-refractivity contribution in [2.75, 3.05) is 31.5 Å². The zero-order valence-corrected chi connectivity index (χ0v) is 24.1. The molecule has 0 bridgehead atoms. The van der Waals surface area contributed by atoms with Crippen LogP contribution in [0, 0.1) is 6.92 Å². The first-order valence-electron chi connectivity index (χ1n) is 13.8. The summed E-state index contributed by atoms with van der Waals surface area (Å²) in [5.74, 6) is 4.67.